The van der Waals surface area contributed by atoms with Gasteiger partial charge in [-0.05, 0) is 50.8 Å². The molecule has 0 bridgehead atoms. The van der Waals surface area contributed by atoms with E-state index in [-0.39, 0.29) is 30.3 Å². The Morgan fingerprint density at radius 3 is 2.31 bits per heavy atom. The summed E-state index contributed by atoms with van der Waals surface area (Å²) in [5.41, 5.74) is 2.13. The molecule has 0 unspecified atom stereocenters. The molecule has 1 saturated carbocycles. The summed E-state index contributed by atoms with van der Waals surface area (Å²) in [5, 5.41) is 0. The summed E-state index contributed by atoms with van der Waals surface area (Å²) in [6.07, 6.45) is 4.82. The van der Waals surface area contributed by atoms with Crippen LogP contribution in [0, 0.1) is 0 Å². The van der Waals surface area contributed by atoms with Gasteiger partial charge in [0, 0.05) is 31.0 Å². The number of aromatic nitrogens is 1. The number of hydrogen-bond acceptors (Lipinski definition) is 2. The lowest BCUT2D eigenvalue weighted by Crippen LogP contribution is -2.47. The van der Waals surface area contributed by atoms with E-state index < -0.39 is 0 Å². The average Bonchev–Trinajstić information content (AvgIpc) is 3.47. The summed E-state index contributed by atoms with van der Waals surface area (Å²) in [7, 11) is 2.00. The van der Waals surface area contributed by atoms with Crippen molar-refractivity contribution in [1.29, 1.82) is 0 Å². The first-order valence-corrected chi connectivity index (χ1v) is 10.7. The predicted molar refractivity (Wildman–Crippen MR) is 115 cm³/mol. The van der Waals surface area contributed by atoms with Gasteiger partial charge in [0.2, 0.25) is 11.8 Å². The molecule has 0 saturated heterocycles. The molecule has 1 fully saturated rings. The van der Waals surface area contributed by atoms with Gasteiger partial charge >= 0.3 is 0 Å². The van der Waals surface area contributed by atoms with Crippen molar-refractivity contribution >= 4 is 11.8 Å². The summed E-state index contributed by atoms with van der Waals surface area (Å²) in [4.78, 5) is 30.3. The van der Waals surface area contributed by atoms with Gasteiger partial charge in [0.05, 0.1) is 12.5 Å². The Balaban J connectivity index is 1.75. The zero-order valence-corrected chi connectivity index (χ0v) is 18.0. The maximum atomic E-state index is 13.4. The molecule has 156 valence electrons. The normalized spacial score (nSPS) is 14.7. The van der Waals surface area contributed by atoms with Gasteiger partial charge in [0.15, 0.2) is 0 Å². The van der Waals surface area contributed by atoms with E-state index >= 15 is 0 Å². The van der Waals surface area contributed by atoms with Gasteiger partial charge in [0.25, 0.3) is 0 Å². The number of rotatable bonds is 9. The van der Waals surface area contributed by atoms with Gasteiger partial charge in [-0.3, -0.25) is 9.59 Å². The molecule has 0 radical (unpaired) electrons. The molecule has 0 N–H and O–H groups in total. The zero-order chi connectivity index (χ0) is 21.0. The monoisotopic (exact) mass is 395 g/mol. The van der Waals surface area contributed by atoms with E-state index in [2.05, 4.69) is 10.6 Å². The first-order valence-electron chi connectivity index (χ1n) is 10.7. The van der Waals surface area contributed by atoms with E-state index in [0.717, 1.165) is 30.5 Å². The summed E-state index contributed by atoms with van der Waals surface area (Å²) in [6, 6.07) is 14.2. The second-order valence-electron chi connectivity index (χ2n) is 8.29. The molecule has 1 aromatic heterocycles. The second kappa shape index (κ2) is 9.29. The maximum absolute atomic E-state index is 13.4. The lowest BCUT2D eigenvalue weighted by Gasteiger charge is -2.32. The summed E-state index contributed by atoms with van der Waals surface area (Å²) in [5.74, 6) is -0.135. The molecule has 3 rings (SSSR count). The van der Waals surface area contributed by atoms with Crippen LogP contribution in [0.15, 0.2) is 48.7 Å². The van der Waals surface area contributed by atoms with Crippen molar-refractivity contribution < 1.29 is 9.59 Å². The van der Waals surface area contributed by atoms with E-state index in [4.69, 9.17) is 0 Å². The molecule has 2 aromatic rings. The number of carbonyl (C=O) groups excluding carboxylic acids is 2. The van der Waals surface area contributed by atoms with Crippen molar-refractivity contribution in [2.45, 2.75) is 64.6 Å². The fourth-order valence-electron chi connectivity index (χ4n) is 3.83. The fraction of sp³-hybridized carbons (Fsp3) is 0.500. The molecule has 5 nitrogen and oxygen atoms in total. The Labute approximate surface area is 174 Å². The van der Waals surface area contributed by atoms with Gasteiger partial charge in [0.1, 0.15) is 6.54 Å². The minimum Gasteiger partial charge on any atom is -0.353 e. The Kier molecular flexibility index (Phi) is 6.78. The third-order valence-corrected chi connectivity index (χ3v) is 5.81. The number of amides is 2. The number of aryl methyl sites for hydroxylation is 1. The molecule has 1 heterocycles. The van der Waals surface area contributed by atoms with Gasteiger partial charge in [-0.1, -0.05) is 37.3 Å². The van der Waals surface area contributed by atoms with Gasteiger partial charge < -0.3 is 14.4 Å². The van der Waals surface area contributed by atoms with E-state index in [1.807, 2.05) is 75.3 Å². The fourth-order valence-corrected chi connectivity index (χ4v) is 3.83. The smallest absolute Gasteiger partial charge is 0.242 e. The largest absolute Gasteiger partial charge is 0.353 e. The van der Waals surface area contributed by atoms with Crippen LogP contribution in [-0.4, -0.2) is 44.8 Å². The summed E-state index contributed by atoms with van der Waals surface area (Å²) < 4.78 is 2.05. The number of carbonyl (C=O) groups is 2. The summed E-state index contributed by atoms with van der Waals surface area (Å²) >= 11 is 0. The molecule has 0 aliphatic heterocycles. The van der Waals surface area contributed by atoms with Crippen LogP contribution in [0.4, 0.5) is 0 Å². The SMILES string of the molecule is CC[C@H](C(=O)N(CC(=O)N(Cc1cccn1C)C1CC1)C(C)C)c1ccccc1. The topological polar surface area (TPSA) is 45.6 Å². The molecule has 2 amide bonds. The quantitative estimate of drug-likeness (QED) is 0.645. The first kappa shape index (κ1) is 21.2. The molecule has 1 aliphatic rings. The Bertz CT molecular complexity index is 824. The van der Waals surface area contributed by atoms with Crippen molar-refractivity contribution in [2.75, 3.05) is 6.54 Å². The van der Waals surface area contributed by atoms with Gasteiger partial charge in [-0.2, -0.15) is 0 Å². The average molecular weight is 396 g/mol. The highest BCUT2D eigenvalue weighted by Crippen LogP contribution is 2.29. The highest BCUT2D eigenvalue weighted by atomic mass is 16.2. The van der Waals surface area contributed by atoms with Gasteiger partial charge in [-0.15, -0.1) is 0 Å². The predicted octanol–water partition coefficient (Wildman–Crippen LogP) is 3.95. The zero-order valence-electron chi connectivity index (χ0n) is 18.0. The number of nitrogens with zero attached hydrogens (tertiary/aromatic N) is 3. The summed E-state index contributed by atoms with van der Waals surface area (Å²) in [6.45, 7) is 6.74. The molecule has 0 spiro atoms. The molecule has 5 heteroatoms. The molecular formula is C24H33N3O2. The van der Waals surface area contributed by atoms with Crippen LogP contribution in [0.2, 0.25) is 0 Å². The van der Waals surface area contributed by atoms with E-state index in [1.165, 1.54) is 0 Å². The molecule has 1 aromatic carbocycles. The second-order valence-corrected chi connectivity index (χ2v) is 8.29. The van der Waals surface area contributed by atoms with Crippen LogP contribution in [0.3, 0.4) is 0 Å². The van der Waals surface area contributed by atoms with Crippen LogP contribution in [0.5, 0.6) is 0 Å². The minimum atomic E-state index is -0.214. The standard InChI is InChI=1S/C24H33N3O2/c1-5-22(19-10-7-6-8-11-19)24(29)26(18(2)3)17-23(28)27(20-13-14-20)16-21-12-9-15-25(21)4/h6-12,15,18,20,22H,5,13-14,16-17H2,1-4H3/t22-/m0/s1. The minimum absolute atomic E-state index is 0.0275. The number of hydrogen-bond donors (Lipinski definition) is 0. The molecule has 1 atom stereocenters. The van der Waals surface area contributed by atoms with Crippen LogP contribution < -0.4 is 0 Å². The van der Waals surface area contributed by atoms with Crippen LogP contribution in [0.1, 0.15) is 57.2 Å². The van der Waals surface area contributed by atoms with Crippen molar-refractivity contribution in [3.05, 3.63) is 59.9 Å². The maximum Gasteiger partial charge on any atom is 0.242 e. The highest BCUT2D eigenvalue weighted by Gasteiger charge is 2.35. The van der Waals surface area contributed by atoms with Gasteiger partial charge in [-0.25, -0.2) is 0 Å². The molecular weight excluding hydrogens is 362 g/mol. The molecule has 1 aliphatic carbocycles. The van der Waals surface area contributed by atoms with Crippen molar-refractivity contribution in [2.24, 2.45) is 7.05 Å². The van der Waals surface area contributed by atoms with Crippen LogP contribution >= 0.6 is 0 Å². The third-order valence-electron chi connectivity index (χ3n) is 5.81. The van der Waals surface area contributed by atoms with E-state index in [0.29, 0.717) is 12.6 Å². The lowest BCUT2D eigenvalue weighted by molar-refractivity contribution is -0.143. The Hall–Kier alpha value is -2.56. The first-order chi connectivity index (χ1) is 13.9. The van der Waals surface area contributed by atoms with E-state index in [1.54, 1.807) is 4.90 Å². The van der Waals surface area contributed by atoms with Crippen molar-refractivity contribution in [3.8, 4) is 0 Å². The Morgan fingerprint density at radius 1 is 1.10 bits per heavy atom. The lowest BCUT2D eigenvalue weighted by atomic mass is 9.94. The van der Waals surface area contributed by atoms with Crippen LogP contribution in [-0.2, 0) is 23.2 Å². The van der Waals surface area contributed by atoms with Crippen molar-refractivity contribution in [3.63, 3.8) is 0 Å². The van der Waals surface area contributed by atoms with Crippen molar-refractivity contribution in [1.82, 2.24) is 14.4 Å². The van der Waals surface area contributed by atoms with Crippen LogP contribution in [0.25, 0.3) is 0 Å². The highest BCUT2D eigenvalue weighted by molar-refractivity contribution is 5.89. The van der Waals surface area contributed by atoms with E-state index in [9.17, 15) is 9.59 Å². The Morgan fingerprint density at radius 2 is 1.79 bits per heavy atom. The third kappa shape index (κ3) is 5.08. The molecule has 29 heavy (non-hydrogen) atoms. The number of benzene rings is 1.